The summed E-state index contributed by atoms with van der Waals surface area (Å²) in [6, 6.07) is 3.61. The summed E-state index contributed by atoms with van der Waals surface area (Å²) in [5.41, 5.74) is 6.37. The zero-order valence-corrected chi connectivity index (χ0v) is 8.15. The van der Waals surface area contributed by atoms with Crippen LogP contribution in [0.25, 0.3) is 5.82 Å². The molecule has 0 bridgehead atoms. The Morgan fingerprint density at radius 2 is 2.36 bits per heavy atom. The second-order valence-corrected chi connectivity index (χ2v) is 3.21. The maximum atomic E-state index is 6.02. The molecule has 2 N–H and O–H groups in total. The predicted molar refractivity (Wildman–Crippen MR) is 54.3 cm³/mol. The molecule has 0 spiro atoms. The van der Waals surface area contributed by atoms with Crippen LogP contribution in [0.4, 0.5) is 0 Å². The van der Waals surface area contributed by atoms with Crippen molar-refractivity contribution >= 4 is 11.6 Å². The number of pyridine rings is 1. The molecule has 0 aliphatic carbocycles. The van der Waals surface area contributed by atoms with Crippen molar-refractivity contribution in [3.8, 4) is 5.82 Å². The van der Waals surface area contributed by atoms with Crippen LogP contribution in [0.3, 0.4) is 0 Å². The van der Waals surface area contributed by atoms with Crippen molar-refractivity contribution in [1.29, 1.82) is 0 Å². The molecule has 0 amide bonds. The first-order chi connectivity index (χ1) is 6.81. The van der Waals surface area contributed by atoms with Crippen LogP contribution < -0.4 is 5.73 Å². The molecule has 0 aromatic carbocycles. The Morgan fingerprint density at radius 1 is 1.50 bits per heavy atom. The summed E-state index contributed by atoms with van der Waals surface area (Å²) in [4.78, 5) is 4.18. The van der Waals surface area contributed by atoms with Gasteiger partial charge in [0.2, 0.25) is 0 Å². The fraction of sp³-hybridized carbons (Fsp3) is 0.111. The highest BCUT2D eigenvalue weighted by Gasteiger charge is 2.04. The quantitative estimate of drug-likeness (QED) is 0.811. The third-order valence-corrected chi connectivity index (χ3v) is 2.11. The largest absolute Gasteiger partial charge is 0.326 e. The van der Waals surface area contributed by atoms with Gasteiger partial charge in [0.15, 0.2) is 5.82 Å². The summed E-state index contributed by atoms with van der Waals surface area (Å²) < 4.78 is 1.61. The third-order valence-electron chi connectivity index (χ3n) is 1.84. The summed E-state index contributed by atoms with van der Waals surface area (Å²) >= 11 is 6.02. The van der Waals surface area contributed by atoms with Gasteiger partial charge >= 0.3 is 0 Å². The zero-order chi connectivity index (χ0) is 9.97. The van der Waals surface area contributed by atoms with Gasteiger partial charge in [-0.05, 0) is 17.7 Å². The van der Waals surface area contributed by atoms with Crippen LogP contribution in [-0.4, -0.2) is 14.8 Å². The second-order valence-electron chi connectivity index (χ2n) is 2.80. The number of aromatic nitrogens is 3. The van der Waals surface area contributed by atoms with E-state index in [9.17, 15) is 0 Å². The van der Waals surface area contributed by atoms with Gasteiger partial charge < -0.3 is 5.73 Å². The van der Waals surface area contributed by atoms with E-state index in [2.05, 4.69) is 10.1 Å². The number of hydrogen-bond donors (Lipinski definition) is 1. The van der Waals surface area contributed by atoms with Gasteiger partial charge in [-0.15, -0.1) is 0 Å². The van der Waals surface area contributed by atoms with Gasteiger partial charge in [0.1, 0.15) is 0 Å². The lowest BCUT2D eigenvalue weighted by Crippen LogP contribution is -2.02. The van der Waals surface area contributed by atoms with E-state index in [4.69, 9.17) is 17.3 Å². The van der Waals surface area contributed by atoms with Gasteiger partial charge in [-0.2, -0.15) is 5.10 Å². The minimum atomic E-state index is 0.437. The minimum Gasteiger partial charge on any atom is -0.326 e. The molecule has 0 fully saturated rings. The predicted octanol–water partition coefficient (Wildman–Crippen LogP) is 1.38. The minimum absolute atomic E-state index is 0.437. The van der Waals surface area contributed by atoms with Crippen LogP contribution in [-0.2, 0) is 6.54 Å². The number of nitrogens with two attached hydrogens (primary N) is 1. The maximum absolute atomic E-state index is 6.02. The molecule has 14 heavy (non-hydrogen) atoms. The average Bonchev–Trinajstić information content (AvgIpc) is 2.70. The first-order valence-corrected chi connectivity index (χ1v) is 4.53. The summed E-state index contributed by atoms with van der Waals surface area (Å²) in [5.74, 6) is 0.619. The molecule has 2 heterocycles. The van der Waals surface area contributed by atoms with E-state index in [1.54, 1.807) is 29.3 Å². The smallest absolute Gasteiger partial charge is 0.172 e. The lowest BCUT2D eigenvalue weighted by atomic mass is 10.3. The number of nitrogens with zero attached hydrogens (tertiary/aromatic N) is 3. The molecule has 0 saturated heterocycles. The zero-order valence-electron chi connectivity index (χ0n) is 7.39. The summed E-state index contributed by atoms with van der Waals surface area (Å²) in [7, 11) is 0. The summed E-state index contributed by atoms with van der Waals surface area (Å²) in [6.07, 6.45) is 5.16. The lowest BCUT2D eigenvalue weighted by molar-refractivity contribution is 0.843. The van der Waals surface area contributed by atoms with E-state index >= 15 is 0 Å². The highest BCUT2D eigenvalue weighted by Crippen LogP contribution is 2.17. The van der Waals surface area contributed by atoms with Crippen molar-refractivity contribution in [3.63, 3.8) is 0 Å². The average molecular weight is 209 g/mol. The van der Waals surface area contributed by atoms with E-state index in [0.717, 1.165) is 5.56 Å². The highest BCUT2D eigenvalue weighted by atomic mass is 35.5. The topological polar surface area (TPSA) is 56.7 Å². The van der Waals surface area contributed by atoms with Crippen LogP contribution in [0.2, 0.25) is 5.02 Å². The maximum Gasteiger partial charge on any atom is 0.172 e. The first kappa shape index (κ1) is 9.18. The molecule has 2 aromatic rings. The Kier molecular flexibility index (Phi) is 2.47. The van der Waals surface area contributed by atoms with E-state index < -0.39 is 0 Å². The monoisotopic (exact) mass is 208 g/mol. The molecular formula is C9H9ClN4. The lowest BCUT2D eigenvalue weighted by Gasteiger charge is -2.04. The van der Waals surface area contributed by atoms with Gasteiger partial charge in [-0.3, -0.25) is 0 Å². The normalized spacial score (nSPS) is 10.4. The molecule has 0 atom stereocenters. The highest BCUT2D eigenvalue weighted by molar-refractivity contribution is 6.32. The Balaban J connectivity index is 2.46. The van der Waals surface area contributed by atoms with Crippen LogP contribution in [0.1, 0.15) is 5.56 Å². The van der Waals surface area contributed by atoms with Crippen molar-refractivity contribution in [2.45, 2.75) is 6.54 Å². The van der Waals surface area contributed by atoms with Crippen molar-refractivity contribution in [2.75, 3.05) is 0 Å². The number of rotatable bonds is 2. The molecule has 0 aliphatic heterocycles. The number of hydrogen-bond acceptors (Lipinski definition) is 3. The van der Waals surface area contributed by atoms with Crippen LogP contribution in [0, 0.1) is 0 Å². The van der Waals surface area contributed by atoms with Crippen molar-refractivity contribution in [1.82, 2.24) is 14.8 Å². The van der Waals surface area contributed by atoms with Gasteiger partial charge in [0.05, 0.1) is 5.02 Å². The molecular weight excluding hydrogens is 200 g/mol. The Hall–Kier alpha value is -1.39. The molecule has 2 rings (SSSR count). The van der Waals surface area contributed by atoms with Gasteiger partial charge in [-0.25, -0.2) is 9.67 Å². The van der Waals surface area contributed by atoms with E-state index in [0.29, 0.717) is 17.4 Å². The third kappa shape index (κ3) is 1.62. The van der Waals surface area contributed by atoms with Crippen LogP contribution in [0.5, 0.6) is 0 Å². The van der Waals surface area contributed by atoms with Gasteiger partial charge in [-0.1, -0.05) is 11.6 Å². The van der Waals surface area contributed by atoms with Crippen molar-refractivity contribution < 1.29 is 0 Å². The molecule has 0 aliphatic rings. The van der Waals surface area contributed by atoms with Gasteiger partial charge in [0.25, 0.3) is 0 Å². The van der Waals surface area contributed by atoms with Gasteiger partial charge in [0, 0.05) is 25.1 Å². The molecule has 72 valence electrons. The summed E-state index contributed by atoms with van der Waals surface area (Å²) in [5, 5.41) is 4.59. The molecule has 0 saturated carbocycles. The molecule has 4 nitrogen and oxygen atoms in total. The van der Waals surface area contributed by atoms with Crippen LogP contribution >= 0.6 is 11.6 Å². The SMILES string of the molecule is NCc1cnc(-n2cccn2)c(Cl)c1. The Morgan fingerprint density at radius 3 is 2.93 bits per heavy atom. The Bertz CT molecular complexity index is 424. The second kappa shape index (κ2) is 3.77. The summed E-state index contributed by atoms with van der Waals surface area (Å²) in [6.45, 7) is 0.437. The molecule has 0 radical (unpaired) electrons. The van der Waals surface area contributed by atoms with Crippen molar-refractivity contribution in [3.05, 3.63) is 41.3 Å². The fourth-order valence-corrected chi connectivity index (χ4v) is 1.42. The van der Waals surface area contributed by atoms with Crippen LogP contribution in [0.15, 0.2) is 30.7 Å². The van der Waals surface area contributed by atoms with E-state index in [-0.39, 0.29) is 0 Å². The van der Waals surface area contributed by atoms with E-state index in [1.807, 2.05) is 6.07 Å². The molecule has 2 aromatic heterocycles. The molecule has 0 unspecified atom stereocenters. The first-order valence-electron chi connectivity index (χ1n) is 4.16. The standard InChI is InChI=1S/C9H9ClN4/c10-8-4-7(5-11)6-12-9(8)14-3-1-2-13-14/h1-4,6H,5,11H2. The van der Waals surface area contributed by atoms with Crippen molar-refractivity contribution in [2.24, 2.45) is 5.73 Å². The molecule has 5 heteroatoms. The fourth-order valence-electron chi connectivity index (χ4n) is 1.14. The number of halogens is 1. The van der Waals surface area contributed by atoms with E-state index in [1.165, 1.54) is 0 Å². The Labute approximate surface area is 86.3 Å².